The van der Waals surface area contributed by atoms with Crippen molar-refractivity contribution < 1.29 is 9.90 Å². The first-order valence-electron chi connectivity index (χ1n) is 5.10. The zero-order chi connectivity index (χ0) is 13.0. The smallest absolute Gasteiger partial charge is 0.258 e. The predicted molar refractivity (Wildman–Crippen MR) is 73.1 cm³/mol. The molecule has 0 saturated carbocycles. The van der Waals surface area contributed by atoms with E-state index in [1.54, 1.807) is 6.20 Å². The SMILES string of the molecule is Cc1cscc1C(=O)Nc1ncc(C#CCO)s1. The Morgan fingerprint density at radius 2 is 2.39 bits per heavy atom. The minimum absolute atomic E-state index is 0.162. The summed E-state index contributed by atoms with van der Waals surface area (Å²) in [6.45, 7) is 1.71. The van der Waals surface area contributed by atoms with Crippen molar-refractivity contribution in [1.82, 2.24) is 4.98 Å². The molecule has 1 amide bonds. The summed E-state index contributed by atoms with van der Waals surface area (Å²) < 4.78 is 0. The second-order valence-corrected chi connectivity index (χ2v) is 5.19. The Morgan fingerprint density at radius 1 is 1.56 bits per heavy atom. The molecule has 6 heteroatoms. The van der Waals surface area contributed by atoms with E-state index >= 15 is 0 Å². The monoisotopic (exact) mass is 278 g/mol. The van der Waals surface area contributed by atoms with Crippen LogP contribution in [0.1, 0.15) is 20.8 Å². The van der Waals surface area contributed by atoms with E-state index < -0.39 is 0 Å². The molecule has 18 heavy (non-hydrogen) atoms. The Morgan fingerprint density at radius 3 is 3.06 bits per heavy atom. The zero-order valence-electron chi connectivity index (χ0n) is 9.56. The zero-order valence-corrected chi connectivity index (χ0v) is 11.2. The van der Waals surface area contributed by atoms with Gasteiger partial charge in [0, 0.05) is 5.38 Å². The lowest BCUT2D eigenvalue weighted by molar-refractivity contribution is 0.102. The number of amides is 1. The molecule has 4 nitrogen and oxygen atoms in total. The van der Waals surface area contributed by atoms with Gasteiger partial charge >= 0.3 is 0 Å². The molecule has 0 bridgehead atoms. The first-order chi connectivity index (χ1) is 8.70. The predicted octanol–water partition coefficient (Wildman–Crippen LogP) is 2.11. The van der Waals surface area contributed by atoms with Crippen LogP contribution in [0.4, 0.5) is 5.13 Å². The van der Waals surface area contributed by atoms with Crippen molar-refractivity contribution >= 4 is 33.7 Å². The van der Waals surface area contributed by atoms with Gasteiger partial charge in [-0.15, -0.1) is 0 Å². The fourth-order valence-corrected chi connectivity index (χ4v) is 2.79. The summed E-state index contributed by atoms with van der Waals surface area (Å²) in [5, 5.41) is 15.5. The number of carbonyl (C=O) groups excluding carboxylic acids is 1. The number of hydrogen-bond donors (Lipinski definition) is 2. The first kappa shape index (κ1) is 12.8. The topological polar surface area (TPSA) is 62.2 Å². The maximum atomic E-state index is 11.9. The van der Waals surface area contributed by atoms with Gasteiger partial charge in [0.15, 0.2) is 5.13 Å². The highest BCUT2D eigenvalue weighted by Gasteiger charge is 2.11. The Balaban J connectivity index is 2.08. The van der Waals surface area contributed by atoms with E-state index in [0.717, 1.165) is 5.56 Å². The second-order valence-electron chi connectivity index (χ2n) is 3.41. The lowest BCUT2D eigenvalue weighted by atomic mass is 10.2. The molecule has 2 N–H and O–H groups in total. The fraction of sp³-hybridized carbons (Fsp3) is 0.167. The highest BCUT2D eigenvalue weighted by atomic mass is 32.1. The number of nitrogens with zero attached hydrogens (tertiary/aromatic N) is 1. The molecule has 0 aromatic carbocycles. The van der Waals surface area contributed by atoms with Crippen LogP contribution < -0.4 is 5.32 Å². The summed E-state index contributed by atoms with van der Waals surface area (Å²) in [7, 11) is 0. The number of aliphatic hydroxyl groups is 1. The minimum Gasteiger partial charge on any atom is -0.384 e. The van der Waals surface area contributed by atoms with Gasteiger partial charge in [0.2, 0.25) is 0 Å². The first-order valence-corrected chi connectivity index (χ1v) is 6.86. The van der Waals surface area contributed by atoms with Crippen LogP contribution in [0.25, 0.3) is 0 Å². The van der Waals surface area contributed by atoms with E-state index in [-0.39, 0.29) is 12.5 Å². The maximum absolute atomic E-state index is 11.9. The van der Waals surface area contributed by atoms with Gasteiger partial charge < -0.3 is 5.11 Å². The van der Waals surface area contributed by atoms with Crippen LogP contribution in [-0.2, 0) is 0 Å². The van der Waals surface area contributed by atoms with E-state index in [0.29, 0.717) is 15.6 Å². The van der Waals surface area contributed by atoms with E-state index in [9.17, 15) is 4.79 Å². The molecule has 2 heterocycles. The Hall–Kier alpha value is -1.68. The van der Waals surface area contributed by atoms with Gasteiger partial charge in [-0.2, -0.15) is 11.3 Å². The number of carbonyl (C=O) groups is 1. The van der Waals surface area contributed by atoms with Crippen LogP contribution in [0.3, 0.4) is 0 Å². The third-order valence-electron chi connectivity index (χ3n) is 2.12. The molecule has 0 aliphatic heterocycles. The molecule has 0 unspecified atom stereocenters. The van der Waals surface area contributed by atoms with Crippen molar-refractivity contribution in [2.75, 3.05) is 11.9 Å². The second kappa shape index (κ2) is 5.78. The molecular formula is C12H10N2O2S2. The molecule has 0 fully saturated rings. The highest BCUT2D eigenvalue weighted by molar-refractivity contribution is 7.16. The summed E-state index contributed by atoms with van der Waals surface area (Å²) in [4.78, 5) is 16.7. The molecule has 2 aromatic rings. The number of aromatic nitrogens is 1. The van der Waals surface area contributed by atoms with Crippen LogP contribution in [0.5, 0.6) is 0 Å². The molecule has 0 aliphatic carbocycles. The van der Waals surface area contributed by atoms with Crippen molar-refractivity contribution in [1.29, 1.82) is 0 Å². The quantitative estimate of drug-likeness (QED) is 0.827. The van der Waals surface area contributed by atoms with Crippen LogP contribution in [-0.4, -0.2) is 22.6 Å². The minimum atomic E-state index is -0.187. The molecule has 2 aromatic heterocycles. The summed E-state index contributed by atoms with van der Waals surface area (Å²) in [6.07, 6.45) is 1.57. The Bertz CT molecular complexity index is 619. The van der Waals surface area contributed by atoms with Crippen LogP contribution in [0.15, 0.2) is 17.0 Å². The molecule has 0 spiro atoms. The molecule has 0 radical (unpaired) electrons. The van der Waals surface area contributed by atoms with Gasteiger partial charge in [0.25, 0.3) is 5.91 Å². The third kappa shape index (κ3) is 2.96. The standard InChI is InChI=1S/C12H10N2O2S2/c1-8-6-17-7-10(8)11(16)14-12-13-5-9(18-12)3-2-4-15/h5-7,15H,4H2,1H3,(H,13,14,16). The average Bonchev–Trinajstić information content (AvgIpc) is 2.95. The number of aryl methyl sites for hydroxylation is 1. The van der Waals surface area contributed by atoms with Crippen molar-refractivity contribution in [2.45, 2.75) is 6.92 Å². The third-order valence-corrected chi connectivity index (χ3v) is 3.81. The Labute approximate surface area is 112 Å². The van der Waals surface area contributed by atoms with Gasteiger partial charge in [0.05, 0.1) is 16.6 Å². The van der Waals surface area contributed by atoms with E-state index in [2.05, 4.69) is 22.1 Å². The van der Waals surface area contributed by atoms with E-state index in [4.69, 9.17) is 5.11 Å². The number of hydrogen-bond acceptors (Lipinski definition) is 5. The molecular weight excluding hydrogens is 268 g/mol. The highest BCUT2D eigenvalue weighted by Crippen LogP contribution is 2.20. The number of anilines is 1. The fourth-order valence-electron chi connectivity index (χ4n) is 1.27. The number of aliphatic hydroxyl groups excluding tert-OH is 1. The summed E-state index contributed by atoms with van der Waals surface area (Å²) in [5.74, 6) is 5.11. The molecule has 0 atom stereocenters. The molecule has 2 rings (SSSR count). The van der Waals surface area contributed by atoms with Crippen molar-refractivity contribution in [3.63, 3.8) is 0 Å². The van der Waals surface area contributed by atoms with E-state index in [1.807, 2.05) is 17.7 Å². The number of nitrogens with one attached hydrogen (secondary N) is 1. The summed E-state index contributed by atoms with van der Waals surface area (Å²) >= 11 is 2.77. The summed E-state index contributed by atoms with van der Waals surface area (Å²) in [6, 6.07) is 0. The van der Waals surface area contributed by atoms with Crippen molar-refractivity contribution in [2.24, 2.45) is 0 Å². The van der Waals surface area contributed by atoms with E-state index in [1.165, 1.54) is 22.7 Å². The van der Waals surface area contributed by atoms with Crippen LogP contribution >= 0.6 is 22.7 Å². The van der Waals surface area contributed by atoms with Gasteiger partial charge in [-0.1, -0.05) is 23.2 Å². The maximum Gasteiger partial charge on any atom is 0.258 e. The molecule has 0 aliphatic rings. The van der Waals surface area contributed by atoms with Crippen LogP contribution in [0, 0.1) is 18.8 Å². The lowest BCUT2D eigenvalue weighted by Crippen LogP contribution is -2.11. The van der Waals surface area contributed by atoms with Crippen molar-refractivity contribution in [3.8, 4) is 11.8 Å². The van der Waals surface area contributed by atoms with Gasteiger partial charge in [-0.3, -0.25) is 10.1 Å². The largest absolute Gasteiger partial charge is 0.384 e. The number of thiazole rings is 1. The van der Waals surface area contributed by atoms with Gasteiger partial charge in [-0.05, 0) is 17.9 Å². The van der Waals surface area contributed by atoms with Crippen LogP contribution in [0.2, 0.25) is 0 Å². The van der Waals surface area contributed by atoms with Gasteiger partial charge in [-0.25, -0.2) is 4.98 Å². The number of rotatable bonds is 2. The normalized spacial score (nSPS) is 9.67. The Kier molecular flexibility index (Phi) is 4.10. The lowest BCUT2D eigenvalue weighted by Gasteiger charge is -1.99. The van der Waals surface area contributed by atoms with Crippen molar-refractivity contribution in [3.05, 3.63) is 33.0 Å². The number of thiophene rings is 1. The van der Waals surface area contributed by atoms with Gasteiger partial charge in [0.1, 0.15) is 6.61 Å². The average molecular weight is 278 g/mol. The molecule has 0 saturated heterocycles. The molecule has 92 valence electrons. The summed E-state index contributed by atoms with van der Waals surface area (Å²) in [5.41, 5.74) is 1.62.